The molecule has 0 radical (unpaired) electrons. The van der Waals surface area contributed by atoms with Crippen molar-refractivity contribution >= 4 is 17.7 Å². The highest BCUT2D eigenvalue weighted by molar-refractivity contribution is 7.99. The third kappa shape index (κ3) is 6.13. The van der Waals surface area contributed by atoms with E-state index in [1.54, 1.807) is 37.0 Å². The summed E-state index contributed by atoms with van der Waals surface area (Å²) in [7, 11) is 3.69. The van der Waals surface area contributed by atoms with Crippen molar-refractivity contribution in [3.8, 4) is 5.75 Å². The number of nitrogens with one attached hydrogen (secondary N) is 1. The molecule has 0 atom stereocenters. The van der Waals surface area contributed by atoms with Crippen LogP contribution in [0.4, 0.5) is 4.39 Å². The minimum atomic E-state index is -0.339. The third-order valence-electron chi connectivity index (χ3n) is 3.32. The van der Waals surface area contributed by atoms with Crippen molar-refractivity contribution in [1.29, 1.82) is 0 Å². The lowest BCUT2D eigenvalue weighted by Crippen LogP contribution is -2.45. The van der Waals surface area contributed by atoms with Crippen LogP contribution in [-0.2, 0) is 0 Å². The van der Waals surface area contributed by atoms with Crippen molar-refractivity contribution in [2.45, 2.75) is 18.6 Å². The zero-order chi connectivity index (χ0) is 16.6. The lowest BCUT2D eigenvalue weighted by atomic mass is 10.2. The highest BCUT2D eigenvalue weighted by atomic mass is 32.2. The number of rotatable bonds is 7. The predicted octanol–water partition coefficient (Wildman–Crippen LogP) is 2.85. The molecular formula is C16H26FN3OS. The minimum absolute atomic E-state index is 0.139. The number of benzene rings is 1. The second-order valence-corrected chi connectivity index (χ2v) is 7.08. The van der Waals surface area contributed by atoms with Crippen molar-refractivity contribution in [3.63, 3.8) is 0 Å². The Morgan fingerprint density at radius 1 is 1.41 bits per heavy atom. The molecule has 0 bridgehead atoms. The first-order valence-corrected chi connectivity index (χ1v) is 8.46. The fourth-order valence-corrected chi connectivity index (χ4v) is 1.93. The van der Waals surface area contributed by atoms with Gasteiger partial charge in [-0.2, -0.15) is 11.8 Å². The Morgan fingerprint density at radius 2 is 2.09 bits per heavy atom. The number of ether oxygens (including phenoxy) is 1. The van der Waals surface area contributed by atoms with Gasteiger partial charge in [0.1, 0.15) is 6.61 Å². The summed E-state index contributed by atoms with van der Waals surface area (Å²) in [6.07, 6.45) is 2.09. The van der Waals surface area contributed by atoms with Gasteiger partial charge >= 0.3 is 0 Å². The highest BCUT2D eigenvalue weighted by Gasteiger charge is 2.17. The maximum absolute atomic E-state index is 13.5. The van der Waals surface area contributed by atoms with Gasteiger partial charge in [0.2, 0.25) is 0 Å². The average Bonchev–Trinajstić information content (AvgIpc) is 2.49. The van der Waals surface area contributed by atoms with E-state index in [1.807, 2.05) is 11.9 Å². The summed E-state index contributed by atoms with van der Waals surface area (Å²) in [6, 6.07) is 6.42. The molecule has 4 nitrogen and oxygen atoms in total. The Morgan fingerprint density at radius 3 is 2.68 bits per heavy atom. The summed E-state index contributed by atoms with van der Waals surface area (Å²) in [6.45, 7) is 6.19. The largest absolute Gasteiger partial charge is 0.489 e. The Hall–Kier alpha value is -1.43. The van der Waals surface area contributed by atoms with Crippen LogP contribution in [0.2, 0.25) is 0 Å². The van der Waals surface area contributed by atoms with E-state index in [1.165, 1.54) is 6.07 Å². The van der Waals surface area contributed by atoms with Crippen molar-refractivity contribution in [2.24, 2.45) is 4.99 Å². The van der Waals surface area contributed by atoms with E-state index in [9.17, 15) is 4.39 Å². The second kappa shape index (κ2) is 8.88. The third-order valence-corrected chi connectivity index (χ3v) is 4.57. The quantitative estimate of drug-likeness (QED) is 0.617. The number of aliphatic imine (C=N–C) groups is 1. The van der Waals surface area contributed by atoms with E-state index in [0.29, 0.717) is 13.2 Å². The van der Waals surface area contributed by atoms with Gasteiger partial charge in [0.05, 0.1) is 6.54 Å². The smallest absolute Gasteiger partial charge is 0.193 e. The topological polar surface area (TPSA) is 36.9 Å². The molecule has 6 heteroatoms. The number of hydrogen-bond donors (Lipinski definition) is 1. The molecule has 0 amide bonds. The molecule has 0 fully saturated rings. The first-order valence-electron chi connectivity index (χ1n) is 7.24. The van der Waals surface area contributed by atoms with Crippen LogP contribution >= 0.6 is 11.8 Å². The molecule has 0 aliphatic carbocycles. The fourth-order valence-electron chi connectivity index (χ4n) is 1.71. The monoisotopic (exact) mass is 327 g/mol. The molecule has 124 valence electrons. The van der Waals surface area contributed by atoms with Gasteiger partial charge in [-0.3, -0.25) is 4.99 Å². The van der Waals surface area contributed by atoms with Gasteiger partial charge < -0.3 is 15.0 Å². The summed E-state index contributed by atoms with van der Waals surface area (Å²) >= 11 is 1.81. The molecule has 0 heterocycles. The van der Waals surface area contributed by atoms with Crippen LogP contribution in [0.25, 0.3) is 0 Å². The Labute approximate surface area is 137 Å². The van der Waals surface area contributed by atoms with E-state index >= 15 is 0 Å². The van der Waals surface area contributed by atoms with Gasteiger partial charge in [-0.25, -0.2) is 4.39 Å². The normalized spacial score (nSPS) is 12.2. The van der Waals surface area contributed by atoms with Crippen LogP contribution in [-0.4, -0.2) is 55.7 Å². The van der Waals surface area contributed by atoms with E-state index in [2.05, 4.69) is 30.4 Å². The Balaban J connectivity index is 2.42. The SMILES string of the molecule is CN=C(NCC(C)(C)SC)N(C)CCOc1ccccc1F. The van der Waals surface area contributed by atoms with Gasteiger partial charge in [0.15, 0.2) is 17.5 Å². The van der Waals surface area contributed by atoms with Crippen LogP contribution in [0.15, 0.2) is 29.3 Å². The number of guanidine groups is 1. The summed E-state index contributed by atoms with van der Waals surface area (Å²) in [5.41, 5.74) is 0. The standard InChI is InChI=1S/C16H26FN3OS/c1-16(2,22-5)12-19-15(18-3)20(4)10-11-21-14-9-7-6-8-13(14)17/h6-9H,10-12H2,1-5H3,(H,18,19). The van der Waals surface area contributed by atoms with Crippen LogP contribution in [0, 0.1) is 5.82 Å². The maximum Gasteiger partial charge on any atom is 0.193 e. The van der Waals surface area contributed by atoms with Crippen molar-refractivity contribution < 1.29 is 9.13 Å². The molecule has 0 saturated heterocycles. The van der Waals surface area contributed by atoms with Crippen LogP contribution in [0.3, 0.4) is 0 Å². The molecular weight excluding hydrogens is 301 g/mol. The first kappa shape index (κ1) is 18.6. The van der Waals surface area contributed by atoms with E-state index in [4.69, 9.17) is 4.74 Å². The summed E-state index contributed by atoms with van der Waals surface area (Å²) in [5, 5.41) is 3.35. The summed E-state index contributed by atoms with van der Waals surface area (Å²) < 4.78 is 19.1. The van der Waals surface area contributed by atoms with E-state index in [-0.39, 0.29) is 16.3 Å². The highest BCUT2D eigenvalue weighted by Crippen LogP contribution is 2.19. The minimum Gasteiger partial charge on any atom is -0.489 e. The van der Waals surface area contributed by atoms with Crippen LogP contribution in [0.1, 0.15) is 13.8 Å². The zero-order valence-electron chi connectivity index (χ0n) is 14.0. The molecule has 22 heavy (non-hydrogen) atoms. The first-order chi connectivity index (χ1) is 10.4. The van der Waals surface area contributed by atoms with Gasteiger partial charge in [-0.05, 0) is 32.2 Å². The van der Waals surface area contributed by atoms with Gasteiger partial charge in [-0.1, -0.05) is 12.1 Å². The molecule has 1 aromatic rings. The number of hydrogen-bond acceptors (Lipinski definition) is 3. The molecule has 0 aromatic heterocycles. The number of likely N-dealkylation sites (N-methyl/N-ethyl adjacent to an activating group) is 1. The van der Waals surface area contributed by atoms with Crippen LogP contribution < -0.4 is 10.1 Å². The average molecular weight is 327 g/mol. The lowest BCUT2D eigenvalue weighted by molar-refractivity contribution is 0.270. The predicted molar refractivity (Wildman–Crippen MR) is 93.5 cm³/mol. The van der Waals surface area contributed by atoms with Crippen molar-refractivity contribution in [2.75, 3.05) is 40.0 Å². The van der Waals surface area contributed by atoms with E-state index < -0.39 is 0 Å². The van der Waals surface area contributed by atoms with Crippen molar-refractivity contribution in [3.05, 3.63) is 30.1 Å². The molecule has 0 aliphatic heterocycles. The Kier molecular flexibility index (Phi) is 7.51. The van der Waals surface area contributed by atoms with Gasteiger partial charge in [0, 0.05) is 25.4 Å². The Bertz CT molecular complexity index is 494. The molecule has 1 rings (SSSR count). The number of nitrogens with zero attached hydrogens (tertiary/aromatic N) is 2. The molecule has 0 unspecified atom stereocenters. The zero-order valence-corrected chi connectivity index (χ0v) is 14.8. The molecule has 1 aromatic carbocycles. The molecule has 1 N–H and O–H groups in total. The second-order valence-electron chi connectivity index (χ2n) is 5.57. The van der Waals surface area contributed by atoms with E-state index in [0.717, 1.165) is 12.5 Å². The van der Waals surface area contributed by atoms with Crippen LogP contribution in [0.5, 0.6) is 5.75 Å². The molecule has 0 aliphatic rings. The molecule has 0 spiro atoms. The lowest BCUT2D eigenvalue weighted by Gasteiger charge is -2.27. The fraction of sp³-hybridized carbons (Fsp3) is 0.562. The maximum atomic E-state index is 13.5. The number of thioether (sulfide) groups is 1. The van der Waals surface area contributed by atoms with Gasteiger partial charge in [0.25, 0.3) is 0 Å². The number of para-hydroxylation sites is 1. The summed E-state index contributed by atoms with van der Waals surface area (Å²) in [4.78, 5) is 6.23. The molecule has 0 saturated carbocycles. The van der Waals surface area contributed by atoms with Gasteiger partial charge in [-0.15, -0.1) is 0 Å². The van der Waals surface area contributed by atoms with Crippen molar-refractivity contribution in [1.82, 2.24) is 10.2 Å². The summed E-state index contributed by atoms with van der Waals surface area (Å²) in [5.74, 6) is 0.746. The number of halogens is 1.